The number of hydrogen-bond donors (Lipinski definition) is 1. The van der Waals surface area contributed by atoms with Gasteiger partial charge in [-0.05, 0) is 61.3 Å². The summed E-state index contributed by atoms with van der Waals surface area (Å²) in [6.07, 6.45) is 8.39. The number of aromatic nitrogens is 2. The second kappa shape index (κ2) is 14.9. The Kier molecular flexibility index (Phi) is 11.3. The van der Waals surface area contributed by atoms with Gasteiger partial charge in [-0.25, -0.2) is 19.8 Å². The molecule has 0 saturated heterocycles. The maximum absolute atomic E-state index is 13.6. The van der Waals surface area contributed by atoms with E-state index in [1.165, 1.54) is 0 Å². The Morgan fingerprint density at radius 3 is 2.74 bits per heavy atom. The first kappa shape index (κ1) is 32.6. The van der Waals surface area contributed by atoms with Gasteiger partial charge in [0.05, 0.1) is 12.7 Å². The summed E-state index contributed by atoms with van der Waals surface area (Å²) in [5.41, 5.74) is 2.24. The fraction of sp³-hybridized carbons (Fsp3) is 0.484. The van der Waals surface area contributed by atoms with Crippen LogP contribution in [-0.2, 0) is 16.1 Å². The van der Waals surface area contributed by atoms with Crippen LogP contribution in [0.4, 0.5) is 22.2 Å². The van der Waals surface area contributed by atoms with Gasteiger partial charge < -0.3 is 29.5 Å². The molecule has 2 amide bonds. The molecule has 43 heavy (non-hydrogen) atoms. The van der Waals surface area contributed by atoms with Crippen LogP contribution in [0.15, 0.2) is 48.0 Å². The molecule has 10 nitrogen and oxygen atoms in total. The van der Waals surface area contributed by atoms with Crippen LogP contribution >= 0.6 is 21.4 Å². The van der Waals surface area contributed by atoms with Crippen molar-refractivity contribution in [3.63, 3.8) is 0 Å². The molecular weight excluding hydrogens is 585 g/mol. The maximum atomic E-state index is 13.6. The summed E-state index contributed by atoms with van der Waals surface area (Å²) >= 11 is 1.64. The van der Waals surface area contributed by atoms with Gasteiger partial charge in [-0.15, -0.1) is 11.3 Å². The van der Waals surface area contributed by atoms with Crippen LogP contribution in [0.25, 0.3) is 0 Å². The highest BCUT2D eigenvalue weighted by Gasteiger charge is 2.28. The maximum Gasteiger partial charge on any atom is 0.409 e. The molecule has 1 aromatic carbocycles. The molecule has 1 aliphatic heterocycles. The predicted molar refractivity (Wildman–Crippen MR) is 178 cm³/mol. The SMILES string of the molecule is CCNc1ncc2c(n1)N(C)CCN(c1cccc(COC(CCN(C)C(=O)OCCS(C)(C)C)c3cccs3)c1)C2=O. The van der Waals surface area contributed by atoms with E-state index in [9.17, 15) is 9.59 Å². The number of amides is 2. The van der Waals surface area contributed by atoms with E-state index >= 15 is 0 Å². The number of benzene rings is 1. The molecule has 1 unspecified atom stereocenters. The number of hydrogen-bond acceptors (Lipinski definition) is 9. The third-order valence-corrected chi connectivity index (χ3v) is 9.45. The van der Waals surface area contributed by atoms with E-state index in [1.807, 2.05) is 54.6 Å². The zero-order valence-electron chi connectivity index (χ0n) is 26.0. The number of carbonyl (C=O) groups excluding carboxylic acids is 2. The third-order valence-electron chi connectivity index (χ3n) is 7.09. The van der Waals surface area contributed by atoms with E-state index in [0.29, 0.717) is 63.1 Å². The molecular formula is C31H44N6O4S2. The topological polar surface area (TPSA) is 100 Å². The van der Waals surface area contributed by atoms with Gasteiger partial charge in [-0.1, -0.05) is 18.2 Å². The van der Waals surface area contributed by atoms with E-state index in [4.69, 9.17) is 9.47 Å². The van der Waals surface area contributed by atoms with E-state index in [1.54, 1.807) is 34.4 Å². The van der Waals surface area contributed by atoms with E-state index in [2.05, 4.69) is 40.1 Å². The Bertz CT molecular complexity index is 1360. The molecule has 3 heterocycles. The van der Waals surface area contributed by atoms with Crippen LogP contribution in [0.2, 0.25) is 0 Å². The zero-order chi connectivity index (χ0) is 31.0. The van der Waals surface area contributed by atoms with Crippen molar-refractivity contribution in [2.24, 2.45) is 0 Å². The Morgan fingerprint density at radius 1 is 1.21 bits per heavy atom. The summed E-state index contributed by atoms with van der Waals surface area (Å²) in [4.78, 5) is 41.6. The highest BCUT2D eigenvalue weighted by molar-refractivity contribution is 8.32. The number of likely N-dealkylation sites (N-methyl/N-ethyl adjacent to an activating group) is 1. The van der Waals surface area contributed by atoms with Crippen LogP contribution in [-0.4, -0.2) is 98.3 Å². The molecule has 234 valence electrons. The number of anilines is 3. The Labute approximate surface area is 260 Å². The summed E-state index contributed by atoms with van der Waals surface area (Å²) < 4.78 is 11.9. The third kappa shape index (κ3) is 9.07. The van der Waals surface area contributed by atoms with Crippen molar-refractivity contribution in [2.45, 2.75) is 26.1 Å². The normalized spacial score (nSPS) is 14.6. The summed E-state index contributed by atoms with van der Waals surface area (Å²) in [6.45, 7) is 5.15. The molecule has 4 rings (SSSR count). The van der Waals surface area contributed by atoms with Gasteiger partial charge in [0.1, 0.15) is 18.0 Å². The van der Waals surface area contributed by atoms with Crippen molar-refractivity contribution in [1.82, 2.24) is 14.9 Å². The molecule has 1 aliphatic rings. The van der Waals surface area contributed by atoms with Crippen molar-refractivity contribution >= 4 is 50.8 Å². The Balaban J connectivity index is 1.41. The molecule has 1 N–H and O–H groups in total. The van der Waals surface area contributed by atoms with Crippen LogP contribution in [0.1, 0.15) is 40.2 Å². The second-order valence-corrected chi connectivity index (χ2v) is 17.0. The molecule has 0 saturated carbocycles. The van der Waals surface area contributed by atoms with Crippen molar-refractivity contribution in [3.05, 3.63) is 64.0 Å². The number of ether oxygens (including phenoxy) is 2. The van der Waals surface area contributed by atoms with Crippen LogP contribution in [0, 0.1) is 0 Å². The summed E-state index contributed by atoms with van der Waals surface area (Å²) in [6, 6.07) is 12.0. The highest BCUT2D eigenvalue weighted by Crippen LogP contribution is 2.34. The first-order valence-electron chi connectivity index (χ1n) is 14.5. The molecule has 1 atom stereocenters. The van der Waals surface area contributed by atoms with E-state index < -0.39 is 10.0 Å². The number of nitrogens with one attached hydrogen (secondary N) is 1. The molecule has 0 aliphatic carbocycles. The molecule has 12 heteroatoms. The lowest BCUT2D eigenvalue weighted by atomic mass is 10.1. The lowest BCUT2D eigenvalue weighted by molar-refractivity contribution is 0.0297. The fourth-order valence-corrected chi connectivity index (χ4v) is 5.98. The largest absolute Gasteiger partial charge is 0.449 e. The Hall–Kier alpha value is -3.35. The van der Waals surface area contributed by atoms with Gasteiger partial charge in [-0.3, -0.25) is 4.79 Å². The van der Waals surface area contributed by atoms with Gasteiger partial charge in [0.15, 0.2) is 0 Å². The minimum atomic E-state index is -0.715. The molecule has 0 bridgehead atoms. The quantitative estimate of drug-likeness (QED) is 0.266. The summed E-state index contributed by atoms with van der Waals surface area (Å²) in [5, 5.41) is 5.15. The lowest BCUT2D eigenvalue weighted by Crippen LogP contribution is -2.33. The predicted octanol–water partition coefficient (Wildman–Crippen LogP) is 5.48. The lowest BCUT2D eigenvalue weighted by Gasteiger charge is -2.26. The standard InChI is InChI=1S/C31H44N6O4S2/c1-7-32-30-33-21-25-28(34-30)35(2)15-16-37(29(25)38)24-11-8-10-23(20-24)22-41-26(27-12-9-18-42-27)13-14-36(3)31(39)40-17-19-43(4,5)6/h8-12,18,20-21,26H,7,13-17,19,22H2,1-6H3,(H,32,33,34). The van der Waals surface area contributed by atoms with Gasteiger partial charge in [0.2, 0.25) is 5.95 Å². The van der Waals surface area contributed by atoms with Crippen LogP contribution in [0.3, 0.4) is 0 Å². The van der Waals surface area contributed by atoms with Crippen molar-refractivity contribution in [3.8, 4) is 0 Å². The molecule has 0 radical (unpaired) electrons. The average molecular weight is 629 g/mol. The minimum Gasteiger partial charge on any atom is -0.449 e. The van der Waals surface area contributed by atoms with Crippen LogP contribution in [0.5, 0.6) is 0 Å². The highest BCUT2D eigenvalue weighted by atomic mass is 32.3. The molecule has 0 fully saturated rings. The van der Waals surface area contributed by atoms with Crippen LogP contribution < -0.4 is 15.1 Å². The minimum absolute atomic E-state index is 0.129. The van der Waals surface area contributed by atoms with E-state index in [0.717, 1.165) is 21.9 Å². The van der Waals surface area contributed by atoms with Crippen molar-refractivity contribution in [1.29, 1.82) is 0 Å². The zero-order valence-corrected chi connectivity index (χ0v) is 27.7. The number of rotatable bonds is 13. The fourth-order valence-electron chi connectivity index (χ4n) is 4.59. The Morgan fingerprint density at radius 2 is 2.02 bits per heavy atom. The molecule has 2 aromatic heterocycles. The number of nitrogens with zero attached hydrogens (tertiary/aromatic N) is 5. The average Bonchev–Trinajstić information content (AvgIpc) is 3.47. The van der Waals surface area contributed by atoms with E-state index in [-0.39, 0.29) is 18.1 Å². The van der Waals surface area contributed by atoms with Gasteiger partial charge in [-0.2, -0.15) is 4.98 Å². The number of carbonyl (C=O) groups is 2. The number of fused-ring (bicyclic) bond motifs is 1. The van der Waals surface area contributed by atoms with Crippen molar-refractivity contribution < 1.29 is 19.1 Å². The first-order chi connectivity index (χ1) is 20.6. The van der Waals surface area contributed by atoms with Gasteiger partial charge >= 0.3 is 6.09 Å². The molecule has 0 spiro atoms. The number of thiophene rings is 1. The summed E-state index contributed by atoms with van der Waals surface area (Å²) in [7, 11) is 2.99. The van der Waals surface area contributed by atoms with Gasteiger partial charge in [0, 0.05) is 62.8 Å². The van der Waals surface area contributed by atoms with Crippen molar-refractivity contribution in [2.75, 3.05) is 86.5 Å². The second-order valence-electron chi connectivity index (χ2n) is 11.4. The summed E-state index contributed by atoms with van der Waals surface area (Å²) in [5.74, 6) is 1.90. The monoisotopic (exact) mass is 628 g/mol. The van der Waals surface area contributed by atoms with Gasteiger partial charge in [0.25, 0.3) is 5.91 Å². The first-order valence-corrected chi connectivity index (χ1v) is 18.4. The molecule has 3 aromatic rings. The smallest absolute Gasteiger partial charge is 0.409 e.